The molecule has 5 nitrogen and oxygen atoms in total. The Bertz CT molecular complexity index is 702. The quantitative estimate of drug-likeness (QED) is 0.899. The van der Waals surface area contributed by atoms with E-state index < -0.39 is 11.4 Å². The summed E-state index contributed by atoms with van der Waals surface area (Å²) in [5.41, 5.74) is 3.00. The maximum absolute atomic E-state index is 12.8. The monoisotopic (exact) mass is 358 g/mol. The standard InChI is InChI=1S/C21H30N2O3/c1-15-5-6-17(16(2)13-15)7-8-19(24)23-12-10-21(20(25)26)9-4-11-22(3)18(21)14-23/h5-6,13,18H,4,7-12,14H2,1-3H3,(H,25,26)/t18-,21+/m1/s1. The summed E-state index contributed by atoms with van der Waals surface area (Å²) in [6, 6.07) is 6.27. The van der Waals surface area contributed by atoms with Crippen LogP contribution in [0, 0.1) is 19.3 Å². The second kappa shape index (κ2) is 7.39. The summed E-state index contributed by atoms with van der Waals surface area (Å²) in [7, 11) is 1.99. The maximum atomic E-state index is 12.8. The highest BCUT2D eigenvalue weighted by atomic mass is 16.4. The van der Waals surface area contributed by atoms with Gasteiger partial charge in [0.15, 0.2) is 0 Å². The van der Waals surface area contributed by atoms with Crippen LogP contribution in [-0.2, 0) is 16.0 Å². The number of amides is 1. The Kier molecular flexibility index (Phi) is 5.37. The molecule has 2 fully saturated rings. The van der Waals surface area contributed by atoms with Gasteiger partial charge in [0.05, 0.1) is 5.41 Å². The fourth-order valence-electron chi connectivity index (χ4n) is 4.74. The molecule has 2 atom stereocenters. The Morgan fingerprint density at radius 3 is 2.69 bits per heavy atom. The van der Waals surface area contributed by atoms with Gasteiger partial charge in [-0.05, 0) is 64.3 Å². The molecular formula is C21H30N2O3. The van der Waals surface area contributed by atoms with Gasteiger partial charge in [0.1, 0.15) is 0 Å². The Balaban J connectivity index is 1.65. The van der Waals surface area contributed by atoms with E-state index >= 15 is 0 Å². The number of carboxylic acid groups (broad SMARTS) is 1. The van der Waals surface area contributed by atoms with Crippen molar-refractivity contribution in [2.45, 2.75) is 52.0 Å². The van der Waals surface area contributed by atoms with Gasteiger partial charge >= 0.3 is 5.97 Å². The average Bonchev–Trinajstić information content (AvgIpc) is 2.60. The van der Waals surface area contributed by atoms with Crippen molar-refractivity contribution in [2.24, 2.45) is 5.41 Å². The second-order valence-electron chi connectivity index (χ2n) is 8.08. The number of fused-ring (bicyclic) bond motifs is 1. The van der Waals surface area contributed by atoms with E-state index in [0.717, 1.165) is 25.8 Å². The Hall–Kier alpha value is -1.88. The zero-order chi connectivity index (χ0) is 18.9. The first kappa shape index (κ1) is 18.9. The minimum atomic E-state index is -0.698. The lowest BCUT2D eigenvalue weighted by Crippen LogP contribution is -2.63. The molecule has 3 rings (SSSR count). The number of carbonyl (C=O) groups excluding carboxylic acids is 1. The highest BCUT2D eigenvalue weighted by Crippen LogP contribution is 2.42. The van der Waals surface area contributed by atoms with Crippen molar-refractivity contribution in [1.82, 2.24) is 9.80 Å². The summed E-state index contributed by atoms with van der Waals surface area (Å²) in [6.07, 6.45) is 3.43. The maximum Gasteiger partial charge on any atom is 0.311 e. The van der Waals surface area contributed by atoms with Gasteiger partial charge in [-0.3, -0.25) is 9.59 Å². The van der Waals surface area contributed by atoms with Crippen LogP contribution in [0.15, 0.2) is 18.2 Å². The predicted octanol–water partition coefficient (Wildman–Crippen LogP) is 2.63. The molecule has 0 radical (unpaired) electrons. The number of carboxylic acids is 1. The third-order valence-electron chi connectivity index (χ3n) is 6.41. The number of piperidine rings is 2. The van der Waals surface area contributed by atoms with Crippen molar-refractivity contribution in [3.8, 4) is 0 Å². The number of hydrogen-bond donors (Lipinski definition) is 1. The van der Waals surface area contributed by atoms with E-state index in [2.05, 4.69) is 36.9 Å². The number of rotatable bonds is 4. The van der Waals surface area contributed by atoms with Crippen LogP contribution in [-0.4, -0.2) is 59.5 Å². The third-order valence-corrected chi connectivity index (χ3v) is 6.41. The first-order valence-electron chi connectivity index (χ1n) is 9.61. The molecule has 0 aliphatic carbocycles. The number of benzene rings is 1. The first-order chi connectivity index (χ1) is 12.3. The van der Waals surface area contributed by atoms with E-state index in [1.807, 2.05) is 11.9 Å². The van der Waals surface area contributed by atoms with Crippen molar-refractivity contribution in [3.05, 3.63) is 34.9 Å². The van der Waals surface area contributed by atoms with Crippen molar-refractivity contribution < 1.29 is 14.7 Å². The summed E-state index contributed by atoms with van der Waals surface area (Å²) in [5.74, 6) is -0.556. The molecule has 2 aliphatic rings. The molecule has 2 saturated heterocycles. The van der Waals surface area contributed by atoms with Crippen LogP contribution in [0.1, 0.15) is 42.4 Å². The SMILES string of the molecule is Cc1ccc(CCC(=O)N2CC[C@@]3(C(=O)O)CCCN(C)[C@@H]3C2)c(C)c1. The van der Waals surface area contributed by atoms with Crippen molar-refractivity contribution in [1.29, 1.82) is 0 Å². The highest BCUT2D eigenvalue weighted by Gasteiger charge is 2.52. The van der Waals surface area contributed by atoms with Gasteiger partial charge in [0.2, 0.25) is 5.91 Å². The van der Waals surface area contributed by atoms with Crippen LogP contribution in [0.5, 0.6) is 0 Å². The summed E-state index contributed by atoms with van der Waals surface area (Å²) in [4.78, 5) is 28.8. The fourth-order valence-corrected chi connectivity index (χ4v) is 4.74. The number of nitrogens with zero attached hydrogens (tertiary/aromatic N) is 2. The molecule has 0 saturated carbocycles. The van der Waals surface area contributed by atoms with E-state index in [4.69, 9.17) is 0 Å². The molecule has 0 spiro atoms. The van der Waals surface area contributed by atoms with Crippen LogP contribution in [0.2, 0.25) is 0 Å². The Morgan fingerprint density at radius 1 is 1.23 bits per heavy atom. The van der Waals surface area contributed by atoms with E-state index in [1.54, 1.807) is 0 Å². The van der Waals surface area contributed by atoms with Crippen molar-refractivity contribution in [3.63, 3.8) is 0 Å². The first-order valence-corrected chi connectivity index (χ1v) is 9.61. The molecule has 1 aromatic rings. The molecular weight excluding hydrogens is 328 g/mol. The average molecular weight is 358 g/mol. The fraction of sp³-hybridized carbons (Fsp3) is 0.619. The highest BCUT2D eigenvalue weighted by molar-refractivity contribution is 5.79. The number of likely N-dealkylation sites (N-methyl/N-ethyl adjacent to an activating group) is 1. The molecule has 0 aromatic heterocycles. The lowest BCUT2D eigenvalue weighted by molar-refractivity contribution is -0.165. The summed E-state index contributed by atoms with van der Waals surface area (Å²) < 4.78 is 0. The third kappa shape index (κ3) is 3.50. The summed E-state index contributed by atoms with van der Waals surface area (Å²) in [6.45, 7) is 6.16. The number of likely N-dealkylation sites (tertiary alicyclic amines) is 2. The minimum Gasteiger partial charge on any atom is -0.481 e. The van der Waals surface area contributed by atoms with Gasteiger partial charge in [-0.1, -0.05) is 23.8 Å². The predicted molar refractivity (Wildman–Crippen MR) is 101 cm³/mol. The Morgan fingerprint density at radius 2 is 2.00 bits per heavy atom. The molecule has 1 N–H and O–H groups in total. The normalized spacial score (nSPS) is 26.4. The van der Waals surface area contributed by atoms with Gasteiger partial charge < -0.3 is 14.9 Å². The van der Waals surface area contributed by atoms with Gasteiger partial charge in [-0.15, -0.1) is 0 Å². The lowest BCUT2D eigenvalue weighted by atomic mass is 9.68. The summed E-state index contributed by atoms with van der Waals surface area (Å²) >= 11 is 0. The van der Waals surface area contributed by atoms with Gasteiger partial charge in [-0.25, -0.2) is 0 Å². The van der Waals surface area contributed by atoms with Crippen LogP contribution in [0.4, 0.5) is 0 Å². The van der Waals surface area contributed by atoms with E-state index in [9.17, 15) is 14.7 Å². The van der Waals surface area contributed by atoms with Gasteiger partial charge in [0.25, 0.3) is 0 Å². The Labute approximate surface area is 156 Å². The molecule has 2 heterocycles. The van der Waals surface area contributed by atoms with Crippen LogP contribution in [0.3, 0.4) is 0 Å². The number of hydrogen-bond acceptors (Lipinski definition) is 3. The zero-order valence-electron chi connectivity index (χ0n) is 16.1. The van der Waals surface area contributed by atoms with Crippen LogP contribution >= 0.6 is 0 Å². The number of carbonyl (C=O) groups is 2. The van der Waals surface area contributed by atoms with E-state index in [1.165, 1.54) is 16.7 Å². The summed E-state index contributed by atoms with van der Waals surface area (Å²) in [5, 5.41) is 9.84. The topological polar surface area (TPSA) is 60.9 Å². The van der Waals surface area contributed by atoms with E-state index in [-0.39, 0.29) is 11.9 Å². The van der Waals surface area contributed by atoms with Crippen molar-refractivity contribution >= 4 is 11.9 Å². The van der Waals surface area contributed by atoms with Crippen molar-refractivity contribution in [2.75, 3.05) is 26.7 Å². The molecule has 5 heteroatoms. The smallest absolute Gasteiger partial charge is 0.311 e. The molecule has 1 amide bonds. The van der Waals surface area contributed by atoms with Crippen LogP contribution in [0.25, 0.3) is 0 Å². The molecule has 2 aliphatic heterocycles. The molecule has 1 aromatic carbocycles. The number of aryl methyl sites for hydroxylation is 3. The second-order valence-corrected chi connectivity index (χ2v) is 8.08. The molecule has 142 valence electrons. The molecule has 0 unspecified atom stereocenters. The lowest BCUT2D eigenvalue weighted by Gasteiger charge is -2.51. The minimum absolute atomic E-state index is 0.0763. The van der Waals surface area contributed by atoms with Gasteiger partial charge in [-0.2, -0.15) is 0 Å². The van der Waals surface area contributed by atoms with Crippen LogP contribution < -0.4 is 0 Å². The van der Waals surface area contributed by atoms with E-state index in [0.29, 0.717) is 25.9 Å². The molecule has 0 bridgehead atoms. The number of aliphatic carboxylic acids is 1. The largest absolute Gasteiger partial charge is 0.481 e. The zero-order valence-corrected chi connectivity index (χ0v) is 16.1. The molecule has 26 heavy (non-hydrogen) atoms. The van der Waals surface area contributed by atoms with Gasteiger partial charge in [0, 0.05) is 25.6 Å².